The second-order valence-corrected chi connectivity index (χ2v) is 11.7. The van der Waals surface area contributed by atoms with E-state index >= 15 is 0 Å². The molecule has 1 heterocycles. The summed E-state index contributed by atoms with van der Waals surface area (Å²) in [6, 6.07) is 7.60. The molecule has 19 heavy (non-hydrogen) atoms. The zero-order chi connectivity index (χ0) is 14.3. The van der Waals surface area contributed by atoms with Crippen molar-refractivity contribution in [2.45, 2.75) is 51.1 Å². The van der Waals surface area contributed by atoms with Crippen LogP contribution in [0.1, 0.15) is 32.4 Å². The lowest BCUT2D eigenvalue weighted by molar-refractivity contribution is 0.102. The molecule has 0 radical (unpaired) electrons. The summed E-state index contributed by atoms with van der Waals surface area (Å²) in [6.07, 6.45) is -1.06. The highest BCUT2D eigenvalue weighted by molar-refractivity contribution is 6.87. The van der Waals surface area contributed by atoms with E-state index in [1.165, 1.54) is 0 Å². The van der Waals surface area contributed by atoms with Gasteiger partial charge in [0.2, 0.25) is 0 Å². The lowest BCUT2D eigenvalue weighted by Crippen LogP contribution is -2.36. The van der Waals surface area contributed by atoms with Crippen LogP contribution in [-0.2, 0) is 0 Å². The fourth-order valence-corrected chi connectivity index (χ4v) is 2.62. The monoisotopic (exact) mass is 274 g/mol. The fourth-order valence-electron chi connectivity index (χ4n) is 1.74. The van der Waals surface area contributed by atoms with E-state index in [1.807, 2.05) is 24.3 Å². The Morgan fingerprint density at radius 3 is 2.42 bits per heavy atom. The molecule has 1 N–H and O–H groups in total. The summed E-state index contributed by atoms with van der Waals surface area (Å²) in [4.78, 5) is 0. The maximum atomic E-state index is 10.2. The normalized spacial score (nSPS) is 22.2. The molecule has 1 aliphatic rings. The minimum Gasteiger partial charge on any atom is -0.474 e. The van der Waals surface area contributed by atoms with E-state index in [0.29, 0.717) is 0 Å². The lowest BCUT2D eigenvalue weighted by atomic mass is 10.1. The standard InChI is InChI=1S/C16H22O2Si/c1-16(2,3)19(4,5)11-10-14-15(17)12-8-6-7-9-13(12)18-14/h6-9,14-15,17H,1-5H3/t14-,15+/m1/s1. The summed E-state index contributed by atoms with van der Waals surface area (Å²) in [5, 5.41) is 10.4. The Morgan fingerprint density at radius 2 is 1.84 bits per heavy atom. The zero-order valence-electron chi connectivity index (χ0n) is 12.3. The lowest BCUT2D eigenvalue weighted by Gasteiger charge is -2.31. The molecule has 0 amide bonds. The molecule has 0 aliphatic carbocycles. The minimum atomic E-state index is -1.66. The number of fused-ring (bicyclic) bond motifs is 1. The topological polar surface area (TPSA) is 29.5 Å². The van der Waals surface area contributed by atoms with Crippen molar-refractivity contribution < 1.29 is 9.84 Å². The third-order valence-electron chi connectivity index (χ3n) is 4.18. The highest BCUT2D eigenvalue weighted by atomic mass is 28.3. The van der Waals surface area contributed by atoms with Crippen molar-refractivity contribution >= 4 is 8.07 Å². The molecule has 0 bridgehead atoms. The molecule has 1 aromatic carbocycles. The zero-order valence-corrected chi connectivity index (χ0v) is 13.3. The molecular formula is C16H22O2Si. The van der Waals surface area contributed by atoms with Gasteiger partial charge in [-0.25, -0.2) is 0 Å². The SMILES string of the molecule is CC(C)(C)[Si](C)(C)C#C[C@H]1Oc2ccccc2[C@@H]1O. The van der Waals surface area contributed by atoms with Crippen LogP contribution >= 0.6 is 0 Å². The Morgan fingerprint density at radius 1 is 1.21 bits per heavy atom. The molecule has 0 unspecified atom stereocenters. The van der Waals surface area contributed by atoms with Crippen LogP contribution in [0.15, 0.2) is 24.3 Å². The first kappa shape index (κ1) is 14.2. The molecular weight excluding hydrogens is 252 g/mol. The van der Waals surface area contributed by atoms with Crippen LogP contribution in [0.25, 0.3) is 0 Å². The van der Waals surface area contributed by atoms with Gasteiger partial charge in [-0.05, 0) is 11.1 Å². The number of rotatable bonds is 0. The average Bonchev–Trinajstić information content (AvgIpc) is 2.63. The van der Waals surface area contributed by atoms with Crippen LogP contribution in [0.3, 0.4) is 0 Å². The van der Waals surface area contributed by atoms with Crippen molar-refractivity contribution in [3.8, 4) is 17.2 Å². The quantitative estimate of drug-likeness (QED) is 0.579. The Balaban J connectivity index is 2.21. The number of aliphatic hydroxyl groups is 1. The molecule has 2 atom stereocenters. The first-order valence-electron chi connectivity index (χ1n) is 6.69. The summed E-state index contributed by atoms with van der Waals surface area (Å²) < 4.78 is 5.73. The van der Waals surface area contributed by atoms with Crippen molar-refractivity contribution in [2.24, 2.45) is 0 Å². The second-order valence-electron chi connectivity index (χ2n) is 6.67. The van der Waals surface area contributed by atoms with Crippen molar-refractivity contribution in [2.75, 3.05) is 0 Å². The van der Waals surface area contributed by atoms with Crippen molar-refractivity contribution in [1.29, 1.82) is 0 Å². The molecule has 0 fully saturated rings. The van der Waals surface area contributed by atoms with E-state index in [9.17, 15) is 5.11 Å². The number of aliphatic hydroxyl groups excluding tert-OH is 1. The van der Waals surface area contributed by atoms with E-state index in [-0.39, 0.29) is 5.04 Å². The Bertz CT molecular complexity index is 532. The number of benzene rings is 1. The first-order valence-corrected chi connectivity index (χ1v) is 9.69. The molecule has 2 rings (SSSR count). The van der Waals surface area contributed by atoms with Crippen molar-refractivity contribution in [1.82, 2.24) is 0 Å². The smallest absolute Gasteiger partial charge is 0.188 e. The van der Waals surface area contributed by atoms with E-state index in [0.717, 1.165) is 11.3 Å². The minimum absolute atomic E-state index is 0.219. The third kappa shape index (κ3) is 2.70. The average molecular weight is 274 g/mol. The summed E-state index contributed by atoms with van der Waals surface area (Å²) >= 11 is 0. The second kappa shape index (κ2) is 4.70. The predicted octanol–water partition coefficient (Wildman–Crippen LogP) is 3.53. The van der Waals surface area contributed by atoms with Crippen LogP contribution < -0.4 is 4.74 Å². The third-order valence-corrected chi connectivity index (χ3v) is 8.70. The van der Waals surface area contributed by atoms with Crippen LogP contribution in [0, 0.1) is 11.5 Å². The molecule has 0 saturated carbocycles. The van der Waals surface area contributed by atoms with Gasteiger partial charge in [0.15, 0.2) is 6.10 Å². The Hall–Kier alpha value is -1.24. The number of hydrogen-bond acceptors (Lipinski definition) is 2. The van der Waals surface area contributed by atoms with Gasteiger partial charge in [0.25, 0.3) is 0 Å². The van der Waals surface area contributed by atoms with E-state index in [4.69, 9.17) is 4.74 Å². The number of para-hydroxylation sites is 1. The largest absolute Gasteiger partial charge is 0.474 e. The molecule has 3 heteroatoms. The molecule has 1 aliphatic heterocycles. The summed E-state index contributed by atoms with van der Waals surface area (Å²) in [5.41, 5.74) is 4.25. The highest BCUT2D eigenvalue weighted by Crippen LogP contribution is 2.37. The van der Waals surface area contributed by atoms with Crippen LogP contribution in [0.2, 0.25) is 18.1 Å². The first-order chi connectivity index (χ1) is 8.72. The van der Waals surface area contributed by atoms with Crippen molar-refractivity contribution in [3.05, 3.63) is 29.8 Å². The Kier molecular flexibility index (Phi) is 3.50. The van der Waals surface area contributed by atoms with Crippen LogP contribution in [0.5, 0.6) is 5.75 Å². The molecule has 2 nitrogen and oxygen atoms in total. The van der Waals surface area contributed by atoms with Gasteiger partial charge in [-0.1, -0.05) is 58.0 Å². The van der Waals surface area contributed by atoms with Gasteiger partial charge in [0.05, 0.1) is 0 Å². The van der Waals surface area contributed by atoms with E-state index in [2.05, 4.69) is 45.3 Å². The van der Waals surface area contributed by atoms with Gasteiger partial charge in [0, 0.05) is 5.56 Å². The van der Waals surface area contributed by atoms with E-state index < -0.39 is 20.3 Å². The summed E-state index contributed by atoms with van der Waals surface area (Å²) in [6.45, 7) is 11.2. The van der Waals surface area contributed by atoms with Gasteiger partial charge in [-0.15, -0.1) is 5.54 Å². The van der Waals surface area contributed by atoms with Crippen LogP contribution in [-0.4, -0.2) is 19.3 Å². The van der Waals surface area contributed by atoms with Gasteiger partial charge < -0.3 is 9.84 Å². The molecule has 0 spiro atoms. The van der Waals surface area contributed by atoms with Gasteiger partial charge in [0.1, 0.15) is 19.9 Å². The van der Waals surface area contributed by atoms with Crippen molar-refractivity contribution in [3.63, 3.8) is 0 Å². The molecule has 0 saturated heterocycles. The number of hydrogen-bond donors (Lipinski definition) is 1. The predicted molar refractivity (Wildman–Crippen MR) is 80.8 cm³/mol. The summed E-state index contributed by atoms with van der Waals surface area (Å²) in [5.74, 6) is 3.92. The highest BCUT2D eigenvalue weighted by Gasteiger charge is 2.35. The molecule has 1 aromatic rings. The fraction of sp³-hybridized carbons (Fsp3) is 0.500. The van der Waals surface area contributed by atoms with Gasteiger partial charge in [-0.3, -0.25) is 0 Å². The van der Waals surface area contributed by atoms with Gasteiger partial charge >= 0.3 is 0 Å². The van der Waals surface area contributed by atoms with E-state index in [1.54, 1.807) is 0 Å². The maximum Gasteiger partial charge on any atom is 0.188 e. The summed E-state index contributed by atoms with van der Waals surface area (Å²) in [7, 11) is -1.66. The maximum absolute atomic E-state index is 10.2. The molecule has 102 valence electrons. The number of ether oxygens (including phenoxy) is 1. The molecule has 0 aromatic heterocycles. The van der Waals surface area contributed by atoms with Crippen LogP contribution in [0.4, 0.5) is 0 Å². The Labute approximate surface area is 116 Å². The van der Waals surface area contributed by atoms with Gasteiger partial charge in [-0.2, -0.15) is 0 Å².